The van der Waals surface area contributed by atoms with Crippen LogP contribution in [0.25, 0.3) is 22.5 Å². The van der Waals surface area contributed by atoms with E-state index >= 15 is 0 Å². The number of carbonyl (C=O) groups excluding carboxylic acids is 1. The summed E-state index contributed by atoms with van der Waals surface area (Å²) in [7, 11) is 0. The fourth-order valence-corrected chi connectivity index (χ4v) is 3.15. The van der Waals surface area contributed by atoms with Crippen LogP contribution in [-0.4, -0.2) is 27.6 Å². The number of hydrogen-bond acceptors (Lipinski definition) is 5. The molecule has 4 rings (SSSR count). The highest BCUT2D eigenvalue weighted by Crippen LogP contribution is 2.22. The molecule has 0 fully saturated rings. The average Bonchev–Trinajstić information content (AvgIpc) is 3.22. The van der Waals surface area contributed by atoms with Crippen molar-refractivity contribution in [2.24, 2.45) is 0 Å². The van der Waals surface area contributed by atoms with Crippen LogP contribution in [0.2, 0.25) is 5.02 Å². The van der Waals surface area contributed by atoms with Gasteiger partial charge in [0.05, 0.1) is 5.52 Å². The molecular weight excluding hydrogens is 407 g/mol. The Morgan fingerprint density at radius 1 is 1.03 bits per heavy atom. The summed E-state index contributed by atoms with van der Waals surface area (Å²) in [6.07, 6.45) is 1.31. The highest BCUT2D eigenvalue weighted by atomic mass is 35.5. The van der Waals surface area contributed by atoms with E-state index in [4.69, 9.17) is 16.1 Å². The number of nitrogens with one attached hydrogen (secondary N) is 1. The Morgan fingerprint density at radius 2 is 1.83 bits per heavy atom. The SMILES string of the molecule is O=C(CCc1ccc(F)cc1)NCCc1noc(-c2ccc3ccc(Cl)cc3n2)n1. The molecule has 0 radical (unpaired) electrons. The summed E-state index contributed by atoms with van der Waals surface area (Å²) in [6, 6.07) is 15.3. The zero-order valence-corrected chi connectivity index (χ0v) is 16.7. The van der Waals surface area contributed by atoms with Crippen LogP contribution in [-0.2, 0) is 17.6 Å². The van der Waals surface area contributed by atoms with Crippen molar-refractivity contribution in [1.82, 2.24) is 20.4 Å². The van der Waals surface area contributed by atoms with Gasteiger partial charge in [-0.2, -0.15) is 4.98 Å². The van der Waals surface area contributed by atoms with Gasteiger partial charge < -0.3 is 9.84 Å². The molecular formula is C22H18ClFN4O2. The summed E-state index contributed by atoms with van der Waals surface area (Å²) >= 11 is 6.03. The lowest BCUT2D eigenvalue weighted by molar-refractivity contribution is -0.121. The molecule has 0 atom stereocenters. The zero-order valence-electron chi connectivity index (χ0n) is 15.9. The summed E-state index contributed by atoms with van der Waals surface area (Å²) in [5.41, 5.74) is 2.22. The smallest absolute Gasteiger partial charge is 0.276 e. The number of amides is 1. The number of halogens is 2. The fraction of sp³-hybridized carbons (Fsp3) is 0.182. The Bertz CT molecular complexity index is 1180. The van der Waals surface area contributed by atoms with Gasteiger partial charge in [-0.15, -0.1) is 0 Å². The molecule has 0 aliphatic heterocycles. The van der Waals surface area contributed by atoms with Gasteiger partial charge in [0, 0.05) is 29.8 Å². The molecule has 0 saturated heterocycles. The summed E-state index contributed by atoms with van der Waals surface area (Å²) < 4.78 is 18.2. The van der Waals surface area contributed by atoms with Gasteiger partial charge in [-0.3, -0.25) is 4.79 Å². The van der Waals surface area contributed by atoms with Gasteiger partial charge in [0.1, 0.15) is 11.5 Å². The molecule has 6 nitrogen and oxygen atoms in total. The van der Waals surface area contributed by atoms with Crippen LogP contribution < -0.4 is 5.32 Å². The van der Waals surface area contributed by atoms with E-state index < -0.39 is 0 Å². The van der Waals surface area contributed by atoms with Crippen molar-refractivity contribution in [2.75, 3.05) is 6.54 Å². The average molecular weight is 425 g/mol. The molecule has 4 aromatic rings. The quantitative estimate of drug-likeness (QED) is 0.476. The van der Waals surface area contributed by atoms with E-state index in [9.17, 15) is 9.18 Å². The maximum absolute atomic E-state index is 12.9. The highest BCUT2D eigenvalue weighted by molar-refractivity contribution is 6.31. The minimum absolute atomic E-state index is 0.0869. The maximum atomic E-state index is 12.9. The predicted octanol–water partition coefficient (Wildman–Crippen LogP) is 4.37. The van der Waals surface area contributed by atoms with E-state index in [-0.39, 0.29) is 11.7 Å². The Kier molecular flexibility index (Phi) is 5.99. The summed E-state index contributed by atoms with van der Waals surface area (Å²) in [5, 5.41) is 8.35. The Hall–Kier alpha value is -3.32. The topological polar surface area (TPSA) is 80.9 Å². The molecule has 8 heteroatoms. The predicted molar refractivity (Wildman–Crippen MR) is 111 cm³/mol. The molecule has 0 saturated carbocycles. The molecule has 2 heterocycles. The lowest BCUT2D eigenvalue weighted by atomic mass is 10.1. The number of benzene rings is 2. The number of nitrogens with zero attached hydrogens (tertiary/aromatic N) is 3. The van der Waals surface area contributed by atoms with Crippen molar-refractivity contribution in [3.05, 3.63) is 76.8 Å². The van der Waals surface area contributed by atoms with Crippen LogP contribution in [0.4, 0.5) is 4.39 Å². The maximum Gasteiger partial charge on any atom is 0.276 e. The summed E-state index contributed by atoms with van der Waals surface area (Å²) in [4.78, 5) is 20.8. The van der Waals surface area contributed by atoms with E-state index in [0.29, 0.717) is 48.2 Å². The standard InChI is InChI=1S/C22H18ClFN4O2/c23-16-6-4-15-5-9-18(26-19(15)13-16)22-27-20(28-30-22)11-12-25-21(29)10-3-14-1-7-17(24)8-2-14/h1-2,4-9,13H,3,10-12H2,(H,25,29). The fourth-order valence-electron chi connectivity index (χ4n) is 2.98. The Labute approximate surface area is 177 Å². The molecule has 2 aromatic heterocycles. The molecule has 0 aliphatic carbocycles. The Morgan fingerprint density at radius 3 is 2.67 bits per heavy atom. The van der Waals surface area contributed by atoms with Crippen molar-refractivity contribution in [3.8, 4) is 11.6 Å². The van der Waals surface area contributed by atoms with Gasteiger partial charge in [-0.1, -0.05) is 41.0 Å². The first-order valence-corrected chi connectivity index (χ1v) is 9.85. The molecule has 0 unspecified atom stereocenters. The van der Waals surface area contributed by atoms with Gasteiger partial charge in [-0.25, -0.2) is 9.37 Å². The molecule has 1 N–H and O–H groups in total. The number of aromatic nitrogens is 3. The van der Waals surface area contributed by atoms with Crippen molar-refractivity contribution in [2.45, 2.75) is 19.3 Å². The molecule has 0 aliphatic rings. The van der Waals surface area contributed by atoms with Crippen molar-refractivity contribution >= 4 is 28.4 Å². The monoisotopic (exact) mass is 424 g/mol. The van der Waals surface area contributed by atoms with Crippen LogP contribution in [0.5, 0.6) is 0 Å². The van der Waals surface area contributed by atoms with Crippen LogP contribution in [0.3, 0.4) is 0 Å². The van der Waals surface area contributed by atoms with Gasteiger partial charge in [0.2, 0.25) is 5.91 Å². The van der Waals surface area contributed by atoms with Gasteiger partial charge >= 0.3 is 0 Å². The molecule has 30 heavy (non-hydrogen) atoms. The van der Waals surface area contributed by atoms with Gasteiger partial charge in [0.25, 0.3) is 5.89 Å². The van der Waals surface area contributed by atoms with E-state index in [1.54, 1.807) is 18.2 Å². The van der Waals surface area contributed by atoms with Crippen LogP contribution in [0, 0.1) is 5.82 Å². The number of pyridine rings is 1. The third-order valence-corrected chi connectivity index (χ3v) is 4.80. The number of aryl methyl sites for hydroxylation is 1. The van der Waals surface area contributed by atoms with E-state index in [1.807, 2.05) is 24.3 Å². The second-order valence-corrected chi connectivity index (χ2v) is 7.21. The molecule has 1 amide bonds. The molecule has 152 valence electrons. The van der Waals surface area contributed by atoms with Crippen molar-refractivity contribution in [3.63, 3.8) is 0 Å². The van der Waals surface area contributed by atoms with Crippen LogP contribution >= 0.6 is 11.6 Å². The van der Waals surface area contributed by atoms with Crippen molar-refractivity contribution < 1.29 is 13.7 Å². The van der Waals surface area contributed by atoms with Gasteiger partial charge in [0.15, 0.2) is 5.82 Å². The summed E-state index contributed by atoms with van der Waals surface area (Å²) in [6.45, 7) is 0.391. The Balaban J connectivity index is 1.29. The molecule has 0 bridgehead atoms. The van der Waals surface area contributed by atoms with Crippen molar-refractivity contribution in [1.29, 1.82) is 0 Å². The number of rotatable bonds is 7. The largest absolute Gasteiger partial charge is 0.356 e. The van der Waals surface area contributed by atoms with Crippen LogP contribution in [0.15, 0.2) is 59.1 Å². The number of fused-ring (bicyclic) bond motifs is 1. The number of carbonyl (C=O) groups is 1. The minimum atomic E-state index is -0.287. The lowest BCUT2D eigenvalue weighted by Gasteiger charge is -2.04. The first-order valence-electron chi connectivity index (χ1n) is 9.47. The number of hydrogen-bond donors (Lipinski definition) is 1. The van der Waals surface area contributed by atoms with Crippen LogP contribution in [0.1, 0.15) is 17.8 Å². The first-order chi connectivity index (χ1) is 14.6. The van der Waals surface area contributed by atoms with E-state index in [1.165, 1.54) is 12.1 Å². The van der Waals surface area contributed by atoms with E-state index in [2.05, 4.69) is 20.4 Å². The first kappa shape index (κ1) is 20.0. The molecule has 2 aromatic carbocycles. The highest BCUT2D eigenvalue weighted by Gasteiger charge is 2.11. The van der Waals surface area contributed by atoms with Gasteiger partial charge in [-0.05, 0) is 42.3 Å². The second-order valence-electron chi connectivity index (χ2n) is 6.78. The normalized spacial score (nSPS) is 11.0. The lowest BCUT2D eigenvalue weighted by Crippen LogP contribution is -2.26. The second kappa shape index (κ2) is 9.00. The third-order valence-electron chi connectivity index (χ3n) is 4.57. The zero-order chi connectivity index (χ0) is 20.9. The summed E-state index contributed by atoms with van der Waals surface area (Å²) in [5.74, 6) is 0.424. The third kappa shape index (κ3) is 4.99. The molecule has 0 spiro atoms. The van der Waals surface area contributed by atoms with E-state index in [0.717, 1.165) is 16.5 Å². The minimum Gasteiger partial charge on any atom is -0.356 e.